The fourth-order valence-corrected chi connectivity index (χ4v) is 14.0. The third-order valence-corrected chi connectivity index (χ3v) is 16.4. The number of carbonyl (C=O) groups excluding carboxylic acids is 1. The largest absolute Gasteiger partial charge is 0.387 e. The van der Waals surface area contributed by atoms with Crippen LogP contribution in [0.4, 0.5) is 10.5 Å². The maximum absolute atomic E-state index is 12.6. The molecule has 2 aromatic carbocycles. The lowest BCUT2D eigenvalue weighted by Crippen LogP contribution is -2.64. The molecule has 2 spiro atoms. The zero-order valence-corrected chi connectivity index (χ0v) is 33.3. The summed E-state index contributed by atoms with van der Waals surface area (Å²) < 4.78 is 54.5. The third kappa shape index (κ3) is 7.15. The molecule has 14 heteroatoms. The minimum atomic E-state index is -3.62. The Morgan fingerprint density at radius 2 is 1.13 bits per heavy atom. The van der Waals surface area contributed by atoms with Crippen LogP contribution >= 0.6 is 0 Å². The lowest BCUT2D eigenvalue weighted by molar-refractivity contribution is -0.0409. The van der Waals surface area contributed by atoms with E-state index < -0.39 is 31.3 Å². The number of nitriles is 1. The number of benzene rings is 2. The highest BCUT2D eigenvalue weighted by Gasteiger charge is 2.56. The van der Waals surface area contributed by atoms with Crippen LogP contribution in [-0.2, 0) is 71.4 Å². The number of anilines is 1. The second-order valence-corrected chi connectivity index (χ2v) is 21.5. The number of hydrogen-bond acceptors (Lipinski definition) is 9. The van der Waals surface area contributed by atoms with Crippen LogP contribution in [0.3, 0.4) is 0 Å². The van der Waals surface area contributed by atoms with Gasteiger partial charge in [-0.05, 0) is 172 Å². The molecule has 2 saturated carbocycles. The molecule has 6 aliphatic carbocycles. The number of nitrogens with two attached hydrogens (primary N) is 1. The zero-order valence-electron chi connectivity index (χ0n) is 31.6. The predicted molar refractivity (Wildman–Crippen MR) is 207 cm³/mol. The average Bonchev–Trinajstić information content (AvgIpc) is 3.86. The van der Waals surface area contributed by atoms with Crippen molar-refractivity contribution in [3.05, 3.63) is 56.6 Å². The topological polar surface area (TPSA) is 175 Å². The van der Waals surface area contributed by atoms with Gasteiger partial charge in [0.1, 0.15) is 5.75 Å². The van der Waals surface area contributed by atoms with Crippen molar-refractivity contribution in [1.29, 1.82) is 5.26 Å². The van der Waals surface area contributed by atoms with E-state index in [1.165, 1.54) is 57.3 Å². The van der Waals surface area contributed by atoms with E-state index in [9.17, 15) is 21.6 Å². The standard InChI is InChI=1S/C20H27N3O3S.C13H13NO.C7H14N2O2S/c1-23-11-20(12-23)9-15(10-20)27(25,26)22-19(24)21-18-16-6-2-4-13(16)8-14-5-3-7-17(14)18;14-8-15-13-11-5-1-3-9(11)7-10-4-2-6-12(10)13;1-9-4-7(5-9)2-6(3-7)12(8,10)11/h8,15H,2-7,9-12H2,1H3,(H2,21,22,24);7H,1-6H2;6H,2-5H2,1H3,(H2,8,10,11). The van der Waals surface area contributed by atoms with Gasteiger partial charge in [0.2, 0.25) is 20.0 Å². The van der Waals surface area contributed by atoms with Gasteiger partial charge in [-0.2, -0.15) is 0 Å². The highest BCUT2D eigenvalue weighted by Crippen LogP contribution is 2.51. The first-order valence-corrected chi connectivity index (χ1v) is 22.9. The Balaban J connectivity index is 0.000000128. The van der Waals surface area contributed by atoms with Crippen LogP contribution in [-0.4, -0.2) is 83.4 Å². The van der Waals surface area contributed by atoms with Gasteiger partial charge in [0.05, 0.1) is 10.5 Å². The van der Waals surface area contributed by atoms with Crippen LogP contribution < -0.4 is 19.9 Å². The van der Waals surface area contributed by atoms with Gasteiger partial charge in [0.25, 0.3) is 6.26 Å². The number of rotatable bonds is 5. The molecule has 2 aliphatic heterocycles. The normalized spacial score (nSPS) is 23.1. The molecule has 4 fully saturated rings. The van der Waals surface area contributed by atoms with E-state index in [0.717, 1.165) is 115 Å². The highest BCUT2D eigenvalue weighted by molar-refractivity contribution is 7.90. The van der Waals surface area contributed by atoms with Gasteiger partial charge >= 0.3 is 6.03 Å². The third-order valence-electron chi connectivity index (χ3n) is 13.5. The van der Waals surface area contributed by atoms with Gasteiger partial charge in [-0.25, -0.2) is 31.5 Å². The van der Waals surface area contributed by atoms with Gasteiger partial charge in [-0.15, -0.1) is 5.26 Å². The van der Waals surface area contributed by atoms with Gasteiger partial charge in [-0.1, -0.05) is 12.1 Å². The number of hydrogen-bond donors (Lipinski definition) is 3. The Bertz CT molecular complexity index is 2040. The first-order chi connectivity index (χ1) is 25.7. The second-order valence-electron chi connectivity index (χ2n) is 17.7. The van der Waals surface area contributed by atoms with Crippen LogP contribution in [0, 0.1) is 22.3 Å². The first-order valence-electron chi connectivity index (χ1n) is 19.8. The molecule has 292 valence electrons. The van der Waals surface area contributed by atoms with Crippen molar-refractivity contribution in [2.24, 2.45) is 16.0 Å². The van der Waals surface area contributed by atoms with E-state index in [4.69, 9.17) is 15.1 Å². The van der Waals surface area contributed by atoms with Crippen molar-refractivity contribution >= 4 is 31.8 Å². The molecule has 8 aliphatic rings. The quantitative estimate of drug-likeness (QED) is 0.378. The van der Waals surface area contributed by atoms with E-state index in [2.05, 4.69) is 46.1 Å². The molecule has 2 aromatic rings. The van der Waals surface area contributed by atoms with Crippen molar-refractivity contribution in [2.45, 2.75) is 113 Å². The Hall–Kier alpha value is -3.22. The molecule has 0 radical (unpaired) electrons. The molecule has 12 nitrogen and oxygen atoms in total. The summed E-state index contributed by atoms with van der Waals surface area (Å²) in [7, 11) is -2.76. The number of nitrogens with zero attached hydrogens (tertiary/aromatic N) is 3. The van der Waals surface area contributed by atoms with Crippen LogP contribution in [0.1, 0.15) is 95.9 Å². The molecule has 54 heavy (non-hydrogen) atoms. The maximum Gasteiger partial charge on any atom is 0.332 e. The number of primary sulfonamides is 1. The van der Waals surface area contributed by atoms with Gasteiger partial charge < -0.3 is 19.9 Å². The number of aryl methyl sites for hydroxylation is 4. The maximum atomic E-state index is 12.6. The van der Waals surface area contributed by atoms with E-state index >= 15 is 0 Å². The predicted octanol–water partition coefficient (Wildman–Crippen LogP) is 4.10. The number of ether oxygens (including phenoxy) is 1. The van der Waals surface area contributed by atoms with E-state index in [-0.39, 0.29) is 10.7 Å². The minimum Gasteiger partial charge on any atom is -0.387 e. The number of likely N-dealkylation sites (tertiary alicyclic amines) is 2. The second kappa shape index (κ2) is 14.1. The van der Waals surface area contributed by atoms with E-state index in [1.54, 1.807) is 0 Å². The lowest BCUT2D eigenvalue weighted by Gasteiger charge is -2.57. The number of sulfonamides is 2. The number of fused-ring (bicyclic) bond motifs is 4. The fourth-order valence-electron chi connectivity index (χ4n) is 11.2. The summed E-state index contributed by atoms with van der Waals surface area (Å²) in [5.41, 5.74) is 11.9. The summed E-state index contributed by atoms with van der Waals surface area (Å²) in [6, 6.07) is 4.04. The number of nitrogens with one attached hydrogen (secondary N) is 2. The SMILES string of the molecule is CN1CC2(CC(S(=O)(=O)NC(=O)Nc3c4c(cc5c3CCC5)CCC4)C2)C1.CN1CC2(CC(S(N)(=O)=O)C2)C1.N#COc1c2c(cc3c1CCC3)CCC2. The molecule has 0 atom stereocenters. The van der Waals surface area contributed by atoms with Gasteiger partial charge in [0, 0.05) is 31.9 Å². The molecular formula is C40H54N6O6S2. The Labute approximate surface area is 320 Å². The Morgan fingerprint density at radius 1 is 0.722 bits per heavy atom. The molecule has 2 heterocycles. The van der Waals surface area contributed by atoms with Gasteiger partial charge in [-0.3, -0.25) is 0 Å². The summed E-state index contributed by atoms with van der Waals surface area (Å²) in [6.45, 7) is 4.01. The number of carbonyl (C=O) groups is 1. The van der Waals surface area contributed by atoms with Crippen LogP contribution in [0.5, 0.6) is 5.75 Å². The minimum absolute atomic E-state index is 0.172. The molecule has 0 bridgehead atoms. The van der Waals surface area contributed by atoms with Crippen molar-refractivity contribution in [1.82, 2.24) is 14.5 Å². The van der Waals surface area contributed by atoms with Crippen LogP contribution in [0.15, 0.2) is 12.1 Å². The number of amides is 2. The molecule has 0 unspecified atom stereocenters. The molecule has 10 rings (SSSR count). The van der Waals surface area contributed by atoms with Crippen molar-refractivity contribution in [3.8, 4) is 12.0 Å². The van der Waals surface area contributed by atoms with Crippen molar-refractivity contribution in [3.63, 3.8) is 0 Å². The Morgan fingerprint density at radius 3 is 1.54 bits per heavy atom. The summed E-state index contributed by atoms with van der Waals surface area (Å²) >= 11 is 0. The smallest absolute Gasteiger partial charge is 0.332 e. The summed E-state index contributed by atoms with van der Waals surface area (Å²) in [6.07, 6.45) is 17.8. The first kappa shape index (κ1) is 37.7. The average molecular weight is 779 g/mol. The Kier molecular flexibility index (Phi) is 9.82. The zero-order chi connectivity index (χ0) is 38.0. The molecular weight excluding hydrogens is 725 g/mol. The lowest BCUT2D eigenvalue weighted by atomic mass is 9.63. The molecule has 2 amide bonds. The van der Waals surface area contributed by atoms with E-state index in [1.807, 2.05) is 6.26 Å². The van der Waals surface area contributed by atoms with Crippen molar-refractivity contribution < 1.29 is 26.4 Å². The summed E-state index contributed by atoms with van der Waals surface area (Å²) in [5, 5.41) is 16.0. The highest BCUT2D eigenvalue weighted by atomic mass is 32.2. The fraction of sp³-hybridized carbons (Fsp3) is 0.650. The van der Waals surface area contributed by atoms with Crippen LogP contribution in [0.25, 0.3) is 0 Å². The van der Waals surface area contributed by atoms with Crippen LogP contribution in [0.2, 0.25) is 0 Å². The monoisotopic (exact) mass is 778 g/mol. The van der Waals surface area contributed by atoms with E-state index in [0.29, 0.717) is 18.3 Å². The molecule has 2 saturated heterocycles. The van der Waals surface area contributed by atoms with Gasteiger partial charge in [0.15, 0.2) is 0 Å². The molecule has 0 aromatic heterocycles. The summed E-state index contributed by atoms with van der Waals surface area (Å²) in [4.78, 5) is 17.0. The van der Waals surface area contributed by atoms with Crippen molar-refractivity contribution in [2.75, 3.05) is 45.6 Å². The number of urea groups is 1. The summed E-state index contributed by atoms with van der Waals surface area (Å²) in [5.74, 6) is 0.903. The molecule has 4 N–H and O–H groups in total.